The zero-order chi connectivity index (χ0) is 21.8. The molecule has 1 aromatic carbocycles. The molecular weight excluding hydrogens is 412 g/mol. The Morgan fingerprint density at radius 2 is 2.06 bits per heavy atom. The topological polar surface area (TPSA) is 85.6 Å². The smallest absolute Gasteiger partial charge is 0.411 e. The normalized spacial score (nSPS) is 10.9. The van der Waals surface area contributed by atoms with E-state index in [0.717, 1.165) is 29.7 Å². The van der Waals surface area contributed by atoms with E-state index in [1.165, 1.54) is 11.3 Å². The fourth-order valence-electron chi connectivity index (χ4n) is 3.27. The van der Waals surface area contributed by atoms with E-state index >= 15 is 0 Å². The quantitative estimate of drug-likeness (QED) is 0.313. The molecule has 7 nitrogen and oxygen atoms in total. The van der Waals surface area contributed by atoms with Crippen LogP contribution in [0.5, 0.6) is 0 Å². The summed E-state index contributed by atoms with van der Waals surface area (Å²) in [6.45, 7) is 4.36. The Morgan fingerprint density at radius 3 is 2.84 bits per heavy atom. The number of carbonyl (C=O) groups excluding carboxylic acids is 2. The van der Waals surface area contributed by atoms with E-state index in [-0.39, 0.29) is 5.78 Å². The Kier molecular flexibility index (Phi) is 6.08. The van der Waals surface area contributed by atoms with Crippen LogP contribution in [0.15, 0.2) is 54.2 Å². The average Bonchev–Trinajstić information content (AvgIpc) is 3.44. The van der Waals surface area contributed by atoms with Crippen LogP contribution in [0, 0.1) is 6.92 Å². The number of ketones is 1. The lowest BCUT2D eigenvalue weighted by Crippen LogP contribution is -2.14. The van der Waals surface area contributed by atoms with Crippen LogP contribution >= 0.6 is 11.3 Å². The Bertz CT molecular complexity index is 1230. The first-order valence-electron chi connectivity index (χ1n) is 10.0. The molecule has 0 aliphatic rings. The fraction of sp³-hybridized carbons (Fsp3) is 0.217. The fourth-order valence-corrected chi connectivity index (χ4v) is 3.95. The molecule has 0 aliphatic heterocycles. The van der Waals surface area contributed by atoms with Crippen molar-refractivity contribution in [2.24, 2.45) is 0 Å². The van der Waals surface area contributed by atoms with E-state index in [2.05, 4.69) is 15.4 Å². The molecule has 1 N–H and O–H groups in total. The van der Waals surface area contributed by atoms with Gasteiger partial charge in [-0.1, -0.05) is 31.5 Å². The number of anilines is 1. The second kappa shape index (κ2) is 9.09. The number of benzene rings is 1. The van der Waals surface area contributed by atoms with Crippen LogP contribution in [-0.2, 0) is 4.74 Å². The maximum absolute atomic E-state index is 12.9. The summed E-state index contributed by atoms with van der Waals surface area (Å²) in [4.78, 5) is 30.0. The number of rotatable bonds is 7. The predicted molar refractivity (Wildman–Crippen MR) is 121 cm³/mol. The highest BCUT2D eigenvalue weighted by atomic mass is 32.1. The van der Waals surface area contributed by atoms with Crippen LogP contribution in [0.25, 0.3) is 16.9 Å². The van der Waals surface area contributed by atoms with Crippen molar-refractivity contribution in [1.82, 2.24) is 14.6 Å². The molecule has 3 aromatic heterocycles. The van der Waals surface area contributed by atoms with E-state index in [4.69, 9.17) is 4.74 Å². The van der Waals surface area contributed by atoms with Crippen molar-refractivity contribution in [3.05, 3.63) is 70.2 Å². The molecule has 0 spiro atoms. The van der Waals surface area contributed by atoms with Gasteiger partial charge in [0.1, 0.15) is 0 Å². The monoisotopic (exact) mass is 434 g/mol. The Labute approximate surface area is 183 Å². The molecule has 0 aliphatic carbocycles. The minimum absolute atomic E-state index is 0.0995. The van der Waals surface area contributed by atoms with Gasteiger partial charge in [0.25, 0.3) is 0 Å². The summed E-state index contributed by atoms with van der Waals surface area (Å²) in [6.07, 6.45) is 4.59. The SMILES string of the molecule is CCCCOC(=O)Nc1cccc(-c2c(C)cnc3c(C(=O)c4cccs4)cnn23)c1. The molecule has 3 heterocycles. The van der Waals surface area contributed by atoms with Crippen molar-refractivity contribution in [1.29, 1.82) is 0 Å². The molecule has 158 valence electrons. The molecular formula is C23H22N4O3S. The maximum atomic E-state index is 12.9. The van der Waals surface area contributed by atoms with Gasteiger partial charge >= 0.3 is 6.09 Å². The molecule has 0 fully saturated rings. The van der Waals surface area contributed by atoms with Gasteiger partial charge in [0.2, 0.25) is 5.78 Å². The van der Waals surface area contributed by atoms with Gasteiger partial charge in [-0.3, -0.25) is 10.1 Å². The molecule has 4 aromatic rings. The minimum atomic E-state index is -0.481. The summed E-state index contributed by atoms with van der Waals surface area (Å²) >= 11 is 1.39. The first-order valence-corrected chi connectivity index (χ1v) is 10.9. The summed E-state index contributed by atoms with van der Waals surface area (Å²) in [7, 11) is 0. The van der Waals surface area contributed by atoms with E-state index < -0.39 is 6.09 Å². The molecule has 8 heteroatoms. The number of unbranched alkanes of at least 4 members (excludes halogenated alkanes) is 1. The number of nitrogens with one attached hydrogen (secondary N) is 1. The lowest BCUT2D eigenvalue weighted by molar-refractivity contribution is 0.104. The van der Waals surface area contributed by atoms with Gasteiger partial charge in [0, 0.05) is 17.4 Å². The van der Waals surface area contributed by atoms with E-state index in [1.807, 2.05) is 43.5 Å². The molecule has 0 saturated carbocycles. The van der Waals surface area contributed by atoms with Crippen molar-refractivity contribution >= 4 is 34.5 Å². The summed E-state index contributed by atoms with van der Waals surface area (Å²) < 4.78 is 6.85. The van der Waals surface area contributed by atoms with Gasteiger partial charge < -0.3 is 4.74 Å². The molecule has 0 saturated heterocycles. The van der Waals surface area contributed by atoms with Gasteiger partial charge in [-0.15, -0.1) is 11.3 Å². The summed E-state index contributed by atoms with van der Waals surface area (Å²) in [5.41, 5.74) is 4.11. The molecule has 4 rings (SSSR count). The Balaban J connectivity index is 1.68. The second-order valence-corrected chi connectivity index (χ2v) is 8.03. The minimum Gasteiger partial charge on any atom is -0.449 e. The second-order valence-electron chi connectivity index (χ2n) is 7.09. The van der Waals surface area contributed by atoms with E-state index in [9.17, 15) is 9.59 Å². The van der Waals surface area contributed by atoms with Crippen LogP contribution in [0.2, 0.25) is 0 Å². The zero-order valence-corrected chi connectivity index (χ0v) is 18.1. The summed E-state index contributed by atoms with van der Waals surface area (Å²) in [5, 5.41) is 9.08. The third-order valence-electron chi connectivity index (χ3n) is 4.81. The van der Waals surface area contributed by atoms with Gasteiger partial charge in [-0.25, -0.2) is 14.3 Å². The standard InChI is InChI=1S/C23H22N4O3S/c1-3-4-10-30-23(29)26-17-8-5-7-16(12-17)20-15(2)13-24-22-18(14-25-27(20)22)21(28)19-9-6-11-31-19/h5-9,11-14H,3-4,10H2,1-2H3,(H,26,29). The van der Waals surface area contributed by atoms with E-state index in [1.54, 1.807) is 29.0 Å². The highest BCUT2D eigenvalue weighted by Gasteiger charge is 2.20. The zero-order valence-electron chi connectivity index (χ0n) is 17.3. The van der Waals surface area contributed by atoms with Crippen LogP contribution in [0.1, 0.15) is 40.6 Å². The molecule has 0 unspecified atom stereocenters. The number of ether oxygens (including phenoxy) is 1. The molecule has 31 heavy (non-hydrogen) atoms. The number of hydrogen-bond acceptors (Lipinski definition) is 6. The van der Waals surface area contributed by atoms with Crippen molar-refractivity contribution < 1.29 is 14.3 Å². The van der Waals surface area contributed by atoms with Crippen molar-refractivity contribution in [3.8, 4) is 11.3 Å². The molecule has 0 radical (unpaired) electrons. The van der Waals surface area contributed by atoms with Crippen molar-refractivity contribution in [2.75, 3.05) is 11.9 Å². The maximum Gasteiger partial charge on any atom is 0.411 e. The number of thiophene rings is 1. The molecule has 1 amide bonds. The third kappa shape index (κ3) is 4.34. The Hall–Kier alpha value is -3.52. The number of amides is 1. The van der Waals surface area contributed by atoms with Gasteiger partial charge in [-0.05, 0) is 42.5 Å². The number of carbonyl (C=O) groups is 2. The van der Waals surface area contributed by atoms with Crippen LogP contribution in [-0.4, -0.2) is 33.1 Å². The van der Waals surface area contributed by atoms with Crippen molar-refractivity contribution in [3.63, 3.8) is 0 Å². The number of aromatic nitrogens is 3. The van der Waals surface area contributed by atoms with Crippen LogP contribution in [0.4, 0.5) is 10.5 Å². The van der Waals surface area contributed by atoms with Crippen LogP contribution < -0.4 is 5.32 Å². The first-order chi connectivity index (χ1) is 15.1. The highest BCUT2D eigenvalue weighted by Crippen LogP contribution is 2.28. The van der Waals surface area contributed by atoms with Crippen molar-refractivity contribution in [2.45, 2.75) is 26.7 Å². The van der Waals surface area contributed by atoms with E-state index in [0.29, 0.717) is 28.4 Å². The van der Waals surface area contributed by atoms with Gasteiger partial charge in [0.05, 0.1) is 28.9 Å². The van der Waals surface area contributed by atoms with Gasteiger partial charge in [0.15, 0.2) is 5.65 Å². The third-order valence-corrected chi connectivity index (χ3v) is 5.68. The molecule has 0 bridgehead atoms. The predicted octanol–water partition coefficient (Wildman–Crippen LogP) is 5.35. The summed E-state index contributed by atoms with van der Waals surface area (Å²) in [6, 6.07) is 11.1. The Morgan fingerprint density at radius 1 is 1.19 bits per heavy atom. The average molecular weight is 435 g/mol. The van der Waals surface area contributed by atoms with Crippen LogP contribution in [0.3, 0.4) is 0 Å². The number of aryl methyl sites for hydroxylation is 1. The lowest BCUT2D eigenvalue weighted by Gasteiger charge is -2.11. The van der Waals surface area contributed by atoms with Gasteiger partial charge in [-0.2, -0.15) is 5.10 Å². The lowest BCUT2D eigenvalue weighted by atomic mass is 10.1. The largest absolute Gasteiger partial charge is 0.449 e. The highest BCUT2D eigenvalue weighted by molar-refractivity contribution is 7.12. The summed E-state index contributed by atoms with van der Waals surface area (Å²) in [5.74, 6) is -0.0995. The number of nitrogens with zero attached hydrogens (tertiary/aromatic N) is 3. The number of hydrogen-bond donors (Lipinski definition) is 1. The number of fused-ring (bicyclic) bond motifs is 1. The first kappa shape index (κ1) is 20.7. The molecule has 0 atom stereocenters.